The summed E-state index contributed by atoms with van der Waals surface area (Å²) in [7, 11) is 0. The van der Waals surface area contributed by atoms with Crippen molar-refractivity contribution in [3.63, 3.8) is 0 Å². The van der Waals surface area contributed by atoms with E-state index in [1.54, 1.807) is 13.0 Å². The predicted molar refractivity (Wildman–Crippen MR) is 102 cm³/mol. The monoisotopic (exact) mass is 346 g/mol. The molecule has 0 heterocycles. The van der Waals surface area contributed by atoms with Crippen LogP contribution in [-0.2, 0) is 9.53 Å². The molecule has 2 rings (SSSR count). The third-order valence-corrected chi connectivity index (χ3v) is 6.47. The summed E-state index contributed by atoms with van der Waals surface area (Å²) in [5.74, 6) is -0.0869. The van der Waals surface area contributed by atoms with E-state index in [-0.39, 0.29) is 28.8 Å². The fraction of sp³-hybridized carbons (Fsp3) is 0.682. The van der Waals surface area contributed by atoms with Gasteiger partial charge in [0.1, 0.15) is 6.10 Å². The molecule has 0 spiro atoms. The molecule has 0 aromatic heterocycles. The van der Waals surface area contributed by atoms with Gasteiger partial charge in [0, 0.05) is 12.8 Å². The van der Waals surface area contributed by atoms with Gasteiger partial charge in [-0.2, -0.15) is 0 Å². The van der Waals surface area contributed by atoms with Crippen molar-refractivity contribution >= 4 is 5.97 Å². The molecule has 0 saturated carbocycles. The van der Waals surface area contributed by atoms with Crippen LogP contribution in [0, 0.1) is 16.7 Å². The molecule has 0 radical (unpaired) electrons. The molecule has 0 saturated heterocycles. The Hall–Kier alpha value is -1.35. The van der Waals surface area contributed by atoms with Crippen molar-refractivity contribution in [3.05, 3.63) is 36.0 Å². The van der Waals surface area contributed by atoms with Crippen LogP contribution in [0.3, 0.4) is 0 Å². The van der Waals surface area contributed by atoms with Gasteiger partial charge in [-0.05, 0) is 60.7 Å². The van der Waals surface area contributed by atoms with Crippen LogP contribution in [0.15, 0.2) is 36.0 Å². The second-order valence-corrected chi connectivity index (χ2v) is 8.96. The van der Waals surface area contributed by atoms with E-state index in [0.29, 0.717) is 6.42 Å². The minimum absolute atomic E-state index is 0.0742. The molecule has 25 heavy (non-hydrogen) atoms. The zero-order valence-corrected chi connectivity index (χ0v) is 16.7. The minimum Gasteiger partial charge on any atom is -0.458 e. The van der Waals surface area contributed by atoms with Crippen molar-refractivity contribution in [2.24, 2.45) is 16.7 Å². The van der Waals surface area contributed by atoms with Crippen LogP contribution in [0.1, 0.15) is 67.2 Å². The molecule has 0 aromatic carbocycles. The van der Waals surface area contributed by atoms with Crippen molar-refractivity contribution in [1.29, 1.82) is 0 Å². The van der Waals surface area contributed by atoms with Crippen LogP contribution in [0.25, 0.3) is 0 Å². The Balaban J connectivity index is 2.46. The number of rotatable bonds is 5. The van der Waals surface area contributed by atoms with Crippen LogP contribution in [-0.4, -0.2) is 22.8 Å². The van der Waals surface area contributed by atoms with Crippen LogP contribution in [0.2, 0.25) is 0 Å². The third-order valence-electron chi connectivity index (χ3n) is 6.47. The minimum atomic E-state index is -0.883. The maximum Gasteiger partial charge on any atom is 0.303 e. The molecule has 140 valence electrons. The molecule has 1 unspecified atom stereocenters. The predicted octanol–water partition coefficient (Wildman–Crippen LogP) is 4.96. The second-order valence-electron chi connectivity index (χ2n) is 8.96. The van der Waals surface area contributed by atoms with Gasteiger partial charge < -0.3 is 9.84 Å². The van der Waals surface area contributed by atoms with Gasteiger partial charge in [-0.3, -0.25) is 4.79 Å². The quantitative estimate of drug-likeness (QED) is 0.565. The van der Waals surface area contributed by atoms with E-state index in [1.165, 1.54) is 18.1 Å². The van der Waals surface area contributed by atoms with Gasteiger partial charge in [0.2, 0.25) is 0 Å². The fourth-order valence-corrected chi connectivity index (χ4v) is 4.26. The lowest BCUT2D eigenvalue weighted by Crippen LogP contribution is -2.45. The molecule has 1 N–H and O–H groups in total. The van der Waals surface area contributed by atoms with Gasteiger partial charge in [-0.25, -0.2) is 0 Å². The number of fused-ring (bicyclic) bond motifs is 1. The van der Waals surface area contributed by atoms with Crippen LogP contribution in [0.4, 0.5) is 0 Å². The first-order valence-corrected chi connectivity index (χ1v) is 9.39. The third kappa shape index (κ3) is 3.92. The van der Waals surface area contributed by atoms with E-state index >= 15 is 0 Å². The largest absolute Gasteiger partial charge is 0.458 e. The number of hydrogen-bond donors (Lipinski definition) is 1. The number of allylic oxidation sites excluding steroid dienone is 3. The Morgan fingerprint density at radius 1 is 1.44 bits per heavy atom. The highest BCUT2D eigenvalue weighted by atomic mass is 16.5. The number of carbonyl (C=O) groups is 1. The normalized spacial score (nSPS) is 33.4. The number of ether oxygens (including phenoxy) is 1. The van der Waals surface area contributed by atoms with E-state index in [0.717, 1.165) is 19.3 Å². The molecule has 0 fully saturated rings. The number of aliphatic hydroxyl groups is 1. The molecule has 3 heteroatoms. The van der Waals surface area contributed by atoms with Gasteiger partial charge in [0.15, 0.2) is 0 Å². The van der Waals surface area contributed by atoms with Crippen molar-refractivity contribution in [2.45, 2.75) is 78.9 Å². The first kappa shape index (κ1) is 20.0. The van der Waals surface area contributed by atoms with Gasteiger partial charge in [0.05, 0.1) is 5.60 Å². The van der Waals surface area contributed by atoms with E-state index < -0.39 is 5.60 Å². The Morgan fingerprint density at radius 3 is 2.64 bits per heavy atom. The van der Waals surface area contributed by atoms with Crippen LogP contribution in [0.5, 0.6) is 0 Å². The maximum absolute atomic E-state index is 11.6. The lowest BCUT2D eigenvalue weighted by molar-refractivity contribution is -0.148. The molecule has 0 aromatic rings. The highest BCUT2D eigenvalue weighted by molar-refractivity contribution is 5.66. The van der Waals surface area contributed by atoms with Gasteiger partial charge in [0.25, 0.3) is 0 Å². The summed E-state index contributed by atoms with van der Waals surface area (Å²) < 4.78 is 5.67. The van der Waals surface area contributed by atoms with Gasteiger partial charge >= 0.3 is 5.97 Å². The summed E-state index contributed by atoms with van der Waals surface area (Å²) in [6, 6.07) is 0. The Morgan fingerprint density at radius 2 is 2.08 bits per heavy atom. The smallest absolute Gasteiger partial charge is 0.303 e. The maximum atomic E-state index is 11.6. The van der Waals surface area contributed by atoms with Crippen molar-refractivity contribution in [1.82, 2.24) is 0 Å². The molecule has 3 nitrogen and oxygen atoms in total. The first-order valence-electron chi connectivity index (χ1n) is 9.39. The summed E-state index contributed by atoms with van der Waals surface area (Å²) in [5.41, 5.74) is 1.73. The SMILES string of the molecule is C=CC(C)(O)CC[C@]1(C)C2=CCCC(C)(C)C2=C[C@@H](OC(C)=O)[C@@H]1C. The van der Waals surface area contributed by atoms with Crippen molar-refractivity contribution in [3.8, 4) is 0 Å². The number of hydrogen-bond acceptors (Lipinski definition) is 3. The molecule has 2 aliphatic rings. The van der Waals surface area contributed by atoms with E-state index in [1.807, 2.05) is 0 Å². The summed E-state index contributed by atoms with van der Waals surface area (Å²) >= 11 is 0. The molecule has 0 bridgehead atoms. The van der Waals surface area contributed by atoms with Gasteiger partial charge in [-0.1, -0.05) is 39.8 Å². The number of carbonyl (C=O) groups excluding carboxylic acids is 1. The zero-order chi connectivity index (χ0) is 19.0. The lowest BCUT2D eigenvalue weighted by Gasteiger charge is -2.51. The molecular weight excluding hydrogens is 312 g/mol. The van der Waals surface area contributed by atoms with E-state index in [2.05, 4.69) is 46.4 Å². The van der Waals surface area contributed by atoms with Gasteiger partial charge in [-0.15, -0.1) is 6.58 Å². The molecule has 0 aliphatic heterocycles. The fourth-order valence-electron chi connectivity index (χ4n) is 4.26. The molecule has 0 amide bonds. The summed E-state index contributed by atoms with van der Waals surface area (Å²) in [6.45, 7) is 16.0. The lowest BCUT2D eigenvalue weighted by atomic mass is 9.55. The molecule has 4 atom stereocenters. The van der Waals surface area contributed by atoms with Crippen molar-refractivity contribution < 1.29 is 14.6 Å². The molecular formula is C22H34O3. The zero-order valence-electron chi connectivity index (χ0n) is 16.7. The Kier molecular flexibility index (Phi) is 5.39. The summed E-state index contributed by atoms with van der Waals surface area (Å²) in [6.07, 6.45) is 9.55. The highest BCUT2D eigenvalue weighted by Gasteiger charge is 2.48. The van der Waals surface area contributed by atoms with Crippen LogP contribution >= 0.6 is 0 Å². The van der Waals surface area contributed by atoms with E-state index in [9.17, 15) is 9.90 Å². The van der Waals surface area contributed by atoms with E-state index in [4.69, 9.17) is 4.74 Å². The summed E-state index contributed by atoms with van der Waals surface area (Å²) in [4.78, 5) is 11.6. The standard InChI is InChI=1S/C22H34O3/c1-8-21(6,24)12-13-22(7)15(2)19(25-16(3)23)14-18-17(22)10-9-11-20(18,4)5/h8,10,14-15,19,24H,1,9,11-13H2,2-7H3/t15-,19+,21?,22-/m0/s1. The van der Waals surface area contributed by atoms with Crippen molar-refractivity contribution in [2.75, 3.05) is 0 Å². The Labute approximate surface area is 152 Å². The topological polar surface area (TPSA) is 46.5 Å². The van der Waals surface area contributed by atoms with Crippen LogP contribution < -0.4 is 0 Å². The average Bonchev–Trinajstić information content (AvgIpc) is 2.51. The highest BCUT2D eigenvalue weighted by Crippen LogP contribution is 2.56. The number of esters is 1. The average molecular weight is 347 g/mol. The molecule has 2 aliphatic carbocycles. The second kappa shape index (κ2) is 6.75. The Bertz CT molecular complexity index is 609. The summed E-state index contributed by atoms with van der Waals surface area (Å²) in [5, 5.41) is 10.4. The first-order chi connectivity index (χ1) is 11.4.